The number of phenolic OH excluding ortho intramolecular Hbond substituents is 1. The molecule has 0 aromatic heterocycles. The zero-order chi connectivity index (χ0) is 66.1. The Morgan fingerprint density at radius 2 is 1.32 bits per heavy atom. The van der Waals surface area contributed by atoms with Crippen molar-refractivity contribution in [3.63, 3.8) is 0 Å². The van der Waals surface area contributed by atoms with Crippen LogP contribution in [0.2, 0.25) is 0 Å². The number of nitrogens with zero attached hydrogens (tertiary/aromatic N) is 2. The minimum absolute atomic E-state index is 0.00626. The van der Waals surface area contributed by atoms with E-state index in [1.165, 1.54) is 19.2 Å². The van der Waals surface area contributed by atoms with Gasteiger partial charge in [0, 0.05) is 83.3 Å². The number of nitrogens with one attached hydrogen (secondary N) is 8. The van der Waals surface area contributed by atoms with Gasteiger partial charge < -0.3 is 69.9 Å². The number of carbonyl (C=O) groups excluding carboxylic acids is 13. The molecule has 29 nitrogen and oxygen atoms in total. The number of aliphatic imine (C=N–C) groups is 1. The van der Waals surface area contributed by atoms with E-state index in [0.29, 0.717) is 37.7 Å². The average molecular weight is 1280 g/mol. The molecule has 2 heterocycles. The largest absolute Gasteiger partial charge is 0.508 e. The van der Waals surface area contributed by atoms with E-state index >= 15 is 0 Å². The van der Waals surface area contributed by atoms with Gasteiger partial charge in [0.2, 0.25) is 65.0 Å². The second-order valence-corrected chi connectivity index (χ2v) is 23.2. The van der Waals surface area contributed by atoms with E-state index < -0.39 is 126 Å². The normalized spacial score (nSPS) is 18.9. The van der Waals surface area contributed by atoms with E-state index in [0.717, 1.165) is 22.2 Å². The van der Waals surface area contributed by atoms with E-state index in [1.54, 1.807) is 42.5 Å². The van der Waals surface area contributed by atoms with Crippen LogP contribution in [-0.4, -0.2) is 178 Å². The molecule has 2 aromatic rings. The predicted octanol–water partition coefficient (Wildman–Crippen LogP) is -1.32. The van der Waals surface area contributed by atoms with E-state index in [4.69, 9.17) is 17.2 Å². The Labute approximate surface area is 525 Å². The molecule has 90 heavy (non-hydrogen) atoms. The van der Waals surface area contributed by atoms with Crippen molar-refractivity contribution >= 4 is 100 Å². The third-order valence-electron chi connectivity index (χ3n) is 14.8. The van der Waals surface area contributed by atoms with Gasteiger partial charge in [-0.3, -0.25) is 77.0 Å². The van der Waals surface area contributed by atoms with Crippen LogP contribution < -0.4 is 59.7 Å². The average Bonchev–Trinajstić information content (AvgIpc) is 2.79. The number of phenols is 1. The van der Waals surface area contributed by atoms with Crippen molar-refractivity contribution in [1.82, 2.24) is 47.4 Å². The van der Waals surface area contributed by atoms with Crippen LogP contribution in [-0.2, 0) is 80.0 Å². The molecular formula is C60H85N13O16S. The molecule has 0 radical (unpaired) electrons. The highest BCUT2D eigenvalue weighted by molar-refractivity contribution is 8.00. The van der Waals surface area contributed by atoms with Gasteiger partial charge in [0.25, 0.3) is 0 Å². The summed E-state index contributed by atoms with van der Waals surface area (Å²) in [5, 5.41) is 38.9. The molecular weight excluding hydrogens is 1190 g/mol. The number of Topliss-reactive ketones (excluding diaryl/α,β-unsaturated/α-hetero) is 2. The van der Waals surface area contributed by atoms with Gasteiger partial charge in [-0.25, -0.2) is 0 Å². The molecule has 492 valence electrons. The van der Waals surface area contributed by atoms with Gasteiger partial charge in [-0.2, -0.15) is 0 Å². The SMILES string of the molecule is CNC(=O)CCCC(=O)N[C@@H](Cc1ccc(O)cc1)C(=O)CCCCCCC(=O)NC(CSC1CC(=O)N(CCC(=O)NCCCCC2CC(=O)C(Cc3ccccc3)NC(=O)[C@@H](CC(=O)O)NC(=O)CNC(=O)[C@H](CCCN=C(N)N)NC2=O)C1=O)C(N)=O. The standard InChI is InChI=1S/C60H85N13O16S/c1-64-48(77)19-11-20-51(80)68-41(30-37-21-23-39(74)24-22-37)45(75)17-7-2-3-8-18-50(79)70-44(55(61)85)35-90-47-33-53(82)73(59(47)89)28-25-49(78)65-26-10-9-15-38-31-46(76)42(29-36-13-5-4-6-14-36)72-58(88)43(32-54(83)84)69-52(81)34-67-57(87)40(71-56(38)86)16-12-27-66-60(62)63/h4-6,13-14,21-24,38,40-44,47,74H,2-3,7-12,15-20,25-35H2,1H3,(H2,61,85)(H,64,77)(H,65,78)(H,67,87)(H,68,80)(H,69,81)(H,70,79)(H,71,86)(H,72,88)(H,83,84)(H4,62,63,66)/t38?,40-,41-,42?,43+,44?,47?/m0/s1. The maximum Gasteiger partial charge on any atom is 0.305 e. The number of amides is 11. The first kappa shape index (κ1) is 73.5. The maximum atomic E-state index is 14.2. The third kappa shape index (κ3) is 27.6. The lowest BCUT2D eigenvalue weighted by molar-refractivity contribution is -0.141. The van der Waals surface area contributed by atoms with E-state index in [9.17, 15) is 77.3 Å². The van der Waals surface area contributed by atoms with E-state index in [-0.39, 0.29) is 138 Å². The fourth-order valence-electron chi connectivity index (χ4n) is 9.82. The number of rotatable bonds is 36. The number of likely N-dealkylation sites (tertiary alicyclic amines) is 1. The highest BCUT2D eigenvalue weighted by Crippen LogP contribution is 2.26. The summed E-state index contributed by atoms with van der Waals surface area (Å²) in [6, 6.07) is 8.68. The fourth-order valence-corrected chi connectivity index (χ4v) is 11.0. The molecule has 11 amide bonds. The van der Waals surface area contributed by atoms with Crippen LogP contribution in [0.25, 0.3) is 0 Å². The van der Waals surface area contributed by atoms with Gasteiger partial charge in [-0.15, -0.1) is 11.8 Å². The number of carboxylic acids is 1. The summed E-state index contributed by atoms with van der Waals surface area (Å²) < 4.78 is 0. The van der Waals surface area contributed by atoms with Crippen molar-refractivity contribution in [1.29, 1.82) is 0 Å². The Balaban J connectivity index is 1.25. The van der Waals surface area contributed by atoms with Crippen LogP contribution >= 0.6 is 11.8 Å². The fraction of sp³-hybridized carbons (Fsp3) is 0.550. The topological polar surface area (TPSA) is 469 Å². The zero-order valence-corrected chi connectivity index (χ0v) is 51.4. The Morgan fingerprint density at radius 1 is 0.667 bits per heavy atom. The number of imide groups is 1. The maximum absolute atomic E-state index is 14.2. The van der Waals surface area contributed by atoms with Crippen LogP contribution in [0.15, 0.2) is 59.6 Å². The summed E-state index contributed by atoms with van der Waals surface area (Å²) in [6.07, 6.45) is 1.86. The van der Waals surface area contributed by atoms with E-state index in [1.807, 2.05) is 0 Å². The van der Waals surface area contributed by atoms with Crippen LogP contribution in [0.5, 0.6) is 5.75 Å². The van der Waals surface area contributed by atoms with Gasteiger partial charge in [0.15, 0.2) is 17.5 Å². The quantitative estimate of drug-likeness (QED) is 0.0163. The highest BCUT2D eigenvalue weighted by atomic mass is 32.2. The Kier molecular flexibility index (Phi) is 32.0. The molecule has 2 aromatic carbocycles. The van der Waals surface area contributed by atoms with Crippen molar-refractivity contribution in [3.8, 4) is 5.75 Å². The molecule has 4 unspecified atom stereocenters. The smallest absolute Gasteiger partial charge is 0.305 e. The number of carboxylic acid groups (broad SMARTS) is 1. The van der Waals surface area contributed by atoms with Crippen molar-refractivity contribution in [3.05, 3.63) is 65.7 Å². The number of thioether (sulfide) groups is 1. The molecule has 0 spiro atoms. The second kappa shape index (κ2) is 39.1. The number of unbranched alkanes of at least 4 members (excludes halogenated alkanes) is 4. The lowest BCUT2D eigenvalue weighted by atomic mass is 9.90. The Hall–Kier alpha value is -8.96. The molecule has 2 aliphatic rings. The number of primary amides is 1. The number of hydrogen-bond acceptors (Lipinski definition) is 17. The molecule has 0 bridgehead atoms. The van der Waals surface area contributed by atoms with Crippen molar-refractivity contribution in [2.45, 2.75) is 164 Å². The minimum Gasteiger partial charge on any atom is -0.508 e. The van der Waals surface area contributed by atoms with Crippen LogP contribution in [0.3, 0.4) is 0 Å². The number of guanidine groups is 1. The zero-order valence-electron chi connectivity index (χ0n) is 50.6. The lowest BCUT2D eigenvalue weighted by Crippen LogP contribution is -2.54. The van der Waals surface area contributed by atoms with Gasteiger partial charge in [0.1, 0.15) is 23.9 Å². The number of ketones is 2. The molecule has 2 saturated heterocycles. The number of hydrogen-bond donors (Lipinski definition) is 13. The molecule has 7 atom stereocenters. The summed E-state index contributed by atoms with van der Waals surface area (Å²) in [4.78, 5) is 187. The Morgan fingerprint density at radius 3 is 1.99 bits per heavy atom. The highest BCUT2D eigenvalue weighted by Gasteiger charge is 2.40. The van der Waals surface area contributed by atoms with Gasteiger partial charge in [0.05, 0.1) is 30.3 Å². The molecule has 2 aliphatic heterocycles. The number of carbonyl (C=O) groups is 14. The van der Waals surface area contributed by atoms with Gasteiger partial charge >= 0.3 is 5.97 Å². The lowest BCUT2D eigenvalue weighted by Gasteiger charge is -2.24. The minimum atomic E-state index is -1.64. The molecule has 0 saturated carbocycles. The number of aliphatic carboxylic acids is 1. The van der Waals surface area contributed by atoms with Crippen LogP contribution in [0.1, 0.15) is 127 Å². The van der Waals surface area contributed by atoms with Crippen molar-refractivity contribution < 1.29 is 77.3 Å². The summed E-state index contributed by atoms with van der Waals surface area (Å²) in [6.45, 7) is -0.787. The first-order valence-corrected chi connectivity index (χ1v) is 31.1. The summed E-state index contributed by atoms with van der Waals surface area (Å²) in [5.74, 6) is -10.5. The second-order valence-electron chi connectivity index (χ2n) is 22.0. The third-order valence-corrected chi connectivity index (χ3v) is 16.1. The van der Waals surface area contributed by atoms with Gasteiger partial charge in [-0.05, 0) is 81.0 Å². The van der Waals surface area contributed by atoms with Crippen molar-refractivity contribution in [2.24, 2.45) is 28.1 Å². The molecule has 4 rings (SSSR count). The molecule has 16 N–H and O–H groups in total. The Bertz CT molecular complexity index is 2880. The first-order chi connectivity index (χ1) is 42.9. The van der Waals surface area contributed by atoms with Crippen molar-refractivity contribution in [2.75, 3.05) is 39.0 Å². The molecule has 2 fully saturated rings. The molecule has 0 aliphatic carbocycles. The van der Waals surface area contributed by atoms with Gasteiger partial charge in [-0.1, -0.05) is 61.7 Å². The summed E-state index contributed by atoms with van der Waals surface area (Å²) >= 11 is 0.962. The van der Waals surface area contributed by atoms with Crippen LogP contribution in [0.4, 0.5) is 0 Å². The first-order valence-electron chi connectivity index (χ1n) is 30.1. The van der Waals surface area contributed by atoms with Crippen LogP contribution in [0, 0.1) is 5.92 Å². The summed E-state index contributed by atoms with van der Waals surface area (Å²) in [5.41, 5.74) is 17.9. The number of aromatic hydroxyl groups is 1. The number of benzene rings is 2. The predicted molar refractivity (Wildman–Crippen MR) is 329 cm³/mol. The van der Waals surface area contributed by atoms with E-state index in [2.05, 4.69) is 47.5 Å². The monoisotopic (exact) mass is 1280 g/mol. The number of nitrogens with two attached hydrogens (primary N) is 3. The summed E-state index contributed by atoms with van der Waals surface area (Å²) in [7, 11) is 1.50. The molecule has 30 heteroatoms.